The molecule has 0 saturated carbocycles. The molecule has 0 amide bonds. The van der Waals surface area contributed by atoms with Crippen LogP contribution in [-0.4, -0.2) is 55.2 Å². The number of anilines is 2. The van der Waals surface area contributed by atoms with E-state index in [1.807, 2.05) is 41.3 Å². The molecule has 1 aliphatic rings. The minimum Gasteiger partial charge on any atom is -0.497 e. The number of hydrogen-bond acceptors (Lipinski definition) is 4. The Morgan fingerprint density at radius 3 is 2.53 bits per heavy atom. The normalized spacial score (nSPS) is 14.1. The van der Waals surface area contributed by atoms with Gasteiger partial charge in [-0.3, -0.25) is 0 Å². The average molecular weight is 463 g/mol. The first-order chi connectivity index (χ1) is 16.5. The number of ether oxygens (including phenoxy) is 1. The number of methoxy groups -OCH3 is 1. The van der Waals surface area contributed by atoms with Crippen LogP contribution >= 0.6 is 0 Å². The number of aliphatic imine (C=N–C) groups is 1. The molecule has 1 saturated heterocycles. The monoisotopic (exact) mass is 462 g/mol. The minimum absolute atomic E-state index is 0.196. The zero-order valence-electron chi connectivity index (χ0n) is 18.9. The first-order valence-corrected chi connectivity index (χ1v) is 11.1. The van der Waals surface area contributed by atoms with Crippen LogP contribution in [0.4, 0.5) is 15.8 Å². The van der Waals surface area contributed by atoms with E-state index < -0.39 is 5.97 Å². The van der Waals surface area contributed by atoms with Crippen molar-refractivity contribution in [3.8, 4) is 5.75 Å². The molecule has 1 fully saturated rings. The molecule has 0 bridgehead atoms. The Morgan fingerprint density at radius 2 is 1.79 bits per heavy atom. The minimum atomic E-state index is -0.989. The van der Waals surface area contributed by atoms with Crippen LogP contribution in [0, 0.1) is 5.82 Å². The van der Waals surface area contributed by atoms with E-state index in [2.05, 4.69) is 10.2 Å². The van der Waals surface area contributed by atoms with Crippen LogP contribution in [0.1, 0.15) is 15.9 Å². The molecular formula is C26H27FN4O3. The number of para-hydroxylation sites is 1. The fourth-order valence-electron chi connectivity index (χ4n) is 3.88. The van der Waals surface area contributed by atoms with Crippen LogP contribution in [0.2, 0.25) is 0 Å². The van der Waals surface area contributed by atoms with Crippen molar-refractivity contribution in [1.82, 2.24) is 4.90 Å². The van der Waals surface area contributed by atoms with Crippen LogP contribution in [0.5, 0.6) is 5.75 Å². The number of nitrogens with one attached hydrogen (secondary N) is 1. The highest BCUT2D eigenvalue weighted by Gasteiger charge is 2.22. The molecule has 34 heavy (non-hydrogen) atoms. The van der Waals surface area contributed by atoms with Gasteiger partial charge in [0.25, 0.3) is 0 Å². The number of carboxylic acids is 1. The summed E-state index contributed by atoms with van der Waals surface area (Å²) in [7, 11) is 1.62. The SMILES string of the molecule is COc1cccc(CN=C(Nc2cccc(C(=O)O)c2)N2CCN(c3ccccc3F)CC2)c1. The molecule has 0 unspecified atom stereocenters. The molecular weight excluding hydrogens is 435 g/mol. The molecule has 0 aliphatic carbocycles. The van der Waals surface area contributed by atoms with Gasteiger partial charge < -0.3 is 25.0 Å². The van der Waals surface area contributed by atoms with E-state index in [1.165, 1.54) is 6.07 Å². The number of carboxylic acid groups (broad SMARTS) is 1. The summed E-state index contributed by atoms with van der Waals surface area (Å²) in [5.41, 5.74) is 2.42. The quantitative estimate of drug-likeness (QED) is 0.420. The number of benzene rings is 3. The van der Waals surface area contributed by atoms with Gasteiger partial charge in [0.1, 0.15) is 11.6 Å². The van der Waals surface area contributed by atoms with E-state index in [0.717, 1.165) is 11.3 Å². The number of aromatic carboxylic acids is 1. The van der Waals surface area contributed by atoms with Gasteiger partial charge >= 0.3 is 5.97 Å². The van der Waals surface area contributed by atoms with E-state index in [9.17, 15) is 14.3 Å². The lowest BCUT2D eigenvalue weighted by Crippen LogP contribution is -2.51. The lowest BCUT2D eigenvalue weighted by Gasteiger charge is -2.37. The van der Waals surface area contributed by atoms with Gasteiger partial charge in [-0.25, -0.2) is 14.2 Å². The first kappa shape index (κ1) is 23.1. The highest BCUT2D eigenvalue weighted by Crippen LogP contribution is 2.21. The van der Waals surface area contributed by atoms with Crippen molar-refractivity contribution in [2.75, 3.05) is 43.5 Å². The second-order valence-electron chi connectivity index (χ2n) is 7.93. The number of piperazine rings is 1. The third-order valence-corrected chi connectivity index (χ3v) is 5.68. The summed E-state index contributed by atoms with van der Waals surface area (Å²) in [5.74, 6) is 0.178. The second-order valence-corrected chi connectivity index (χ2v) is 7.93. The molecule has 0 spiro atoms. The number of rotatable bonds is 6. The van der Waals surface area contributed by atoms with Gasteiger partial charge in [-0.15, -0.1) is 0 Å². The summed E-state index contributed by atoms with van der Waals surface area (Å²) < 4.78 is 19.5. The topological polar surface area (TPSA) is 77.4 Å². The fourth-order valence-corrected chi connectivity index (χ4v) is 3.88. The predicted octanol–water partition coefficient (Wildman–Crippen LogP) is 4.32. The van der Waals surface area contributed by atoms with E-state index in [0.29, 0.717) is 50.1 Å². The third kappa shape index (κ3) is 5.64. The molecule has 0 aromatic heterocycles. The molecule has 4 rings (SSSR count). The van der Waals surface area contributed by atoms with Crippen LogP contribution in [0.3, 0.4) is 0 Å². The van der Waals surface area contributed by atoms with E-state index in [1.54, 1.807) is 37.4 Å². The molecule has 1 heterocycles. The van der Waals surface area contributed by atoms with Gasteiger partial charge in [-0.2, -0.15) is 0 Å². The lowest BCUT2D eigenvalue weighted by molar-refractivity contribution is 0.0697. The van der Waals surface area contributed by atoms with Gasteiger partial charge in [0.15, 0.2) is 5.96 Å². The lowest BCUT2D eigenvalue weighted by atomic mass is 10.2. The van der Waals surface area contributed by atoms with Crippen LogP contribution in [0.25, 0.3) is 0 Å². The highest BCUT2D eigenvalue weighted by atomic mass is 19.1. The standard InChI is InChI=1S/C26H27FN4O3/c1-34-22-9-4-6-19(16-22)18-28-26(29-21-8-5-7-20(17-21)25(32)33)31-14-12-30(13-15-31)24-11-3-2-10-23(24)27/h2-11,16-17H,12-15,18H2,1H3,(H,28,29)(H,32,33). The molecule has 0 atom stereocenters. The molecule has 8 heteroatoms. The van der Waals surface area contributed by atoms with Crippen LogP contribution in [-0.2, 0) is 6.54 Å². The first-order valence-electron chi connectivity index (χ1n) is 11.1. The largest absolute Gasteiger partial charge is 0.497 e. The fraction of sp³-hybridized carbons (Fsp3) is 0.231. The average Bonchev–Trinajstić information content (AvgIpc) is 2.87. The summed E-state index contributed by atoms with van der Waals surface area (Å²) in [5, 5.41) is 12.6. The maximum Gasteiger partial charge on any atom is 0.335 e. The number of guanidine groups is 1. The summed E-state index contributed by atoms with van der Waals surface area (Å²) in [6.45, 7) is 2.96. The van der Waals surface area contributed by atoms with Crippen molar-refractivity contribution in [3.05, 3.63) is 89.7 Å². The van der Waals surface area contributed by atoms with E-state index >= 15 is 0 Å². The third-order valence-electron chi connectivity index (χ3n) is 5.68. The van der Waals surface area contributed by atoms with Gasteiger partial charge in [-0.1, -0.05) is 30.3 Å². The zero-order valence-corrected chi connectivity index (χ0v) is 18.9. The Hall–Kier alpha value is -4.07. The van der Waals surface area contributed by atoms with Crippen molar-refractivity contribution in [2.24, 2.45) is 4.99 Å². The molecule has 2 N–H and O–H groups in total. The van der Waals surface area contributed by atoms with E-state index in [-0.39, 0.29) is 11.4 Å². The summed E-state index contributed by atoms with van der Waals surface area (Å²) in [4.78, 5) is 20.3. The Bertz CT molecular complexity index is 1180. The molecule has 3 aromatic carbocycles. The molecule has 7 nitrogen and oxygen atoms in total. The van der Waals surface area contributed by atoms with Gasteiger partial charge in [0.05, 0.1) is 24.9 Å². The number of hydrogen-bond donors (Lipinski definition) is 2. The Balaban J connectivity index is 1.54. The summed E-state index contributed by atoms with van der Waals surface area (Å²) in [6.07, 6.45) is 0. The number of halogens is 1. The van der Waals surface area contributed by atoms with Crippen LogP contribution < -0.4 is 15.0 Å². The van der Waals surface area contributed by atoms with E-state index in [4.69, 9.17) is 9.73 Å². The molecule has 0 radical (unpaired) electrons. The molecule has 1 aliphatic heterocycles. The van der Waals surface area contributed by atoms with Crippen molar-refractivity contribution < 1.29 is 19.0 Å². The summed E-state index contributed by atoms with van der Waals surface area (Å²) >= 11 is 0. The highest BCUT2D eigenvalue weighted by molar-refractivity contribution is 5.96. The van der Waals surface area contributed by atoms with Crippen molar-refractivity contribution in [3.63, 3.8) is 0 Å². The van der Waals surface area contributed by atoms with Gasteiger partial charge in [0.2, 0.25) is 0 Å². The van der Waals surface area contributed by atoms with Crippen molar-refractivity contribution in [2.45, 2.75) is 6.54 Å². The maximum atomic E-state index is 14.2. The van der Waals surface area contributed by atoms with Gasteiger partial charge in [0, 0.05) is 31.9 Å². The Morgan fingerprint density at radius 1 is 1.03 bits per heavy atom. The van der Waals surface area contributed by atoms with Crippen LogP contribution in [0.15, 0.2) is 77.8 Å². The zero-order chi connectivity index (χ0) is 23.9. The second kappa shape index (κ2) is 10.7. The molecule has 3 aromatic rings. The van der Waals surface area contributed by atoms with Crippen molar-refractivity contribution in [1.29, 1.82) is 0 Å². The smallest absolute Gasteiger partial charge is 0.335 e. The molecule has 176 valence electrons. The maximum absolute atomic E-state index is 14.2. The van der Waals surface area contributed by atoms with Crippen molar-refractivity contribution >= 4 is 23.3 Å². The predicted molar refractivity (Wildman–Crippen MR) is 131 cm³/mol. The Labute approximate surface area is 198 Å². The number of nitrogens with zero attached hydrogens (tertiary/aromatic N) is 3. The Kier molecular flexibility index (Phi) is 7.27. The van der Waals surface area contributed by atoms with Gasteiger partial charge in [-0.05, 0) is 48.0 Å². The number of carbonyl (C=O) groups is 1. The summed E-state index contributed by atoms with van der Waals surface area (Å²) in [6, 6.07) is 21.1.